The maximum atomic E-state index is 9.26. The van der Waals surface area contributed by atoms with Crippen LogP contribution in [0.5, 0.6) is 0 Å². The van der Waals surface area contributed by atoms with Crippen LogP contribution in [0.1, 0.15) is 5.56 Å². The monoisotopic (exact) mass is 351 g/mol. The van der Waals surface area contributed by atoms with Crippen molar-refractivity contribution in [3.63, 3.8) is 0 Å². The highest BCUT2D eigenvalue weighted by molar-refractivity contribution is 6.29. The topological polar surface area (TPSA) is 89.9 Å². The van der Waals surface area contributed by atoms with E-state index in [1.165, 1.54) is 0 Å². The van der Waals surface area contributed by atoms with Crippen molar-refractivity contribution in [3.8, 4) is 17.1 Å². The fourth-order valence-corrected chi connectivity index (χ4v) is 2.86. The average Bonchev–Trinajstić information content (AvgIpc) is 3.00. The predicted octanol–water partition coefficient (Wildman–Crippen LogP) is 3.21. The molecule has 0 spiro atoms. The van der Waals surface area contributed by atoms with Crippen LogP contribution in [-0.2, 0) is 6.61 Å². The Bertz CT molecular complexity index is 1060. The summed E-state index contributed by atoms with van der Waals surface area (Å²) in [6, 6.07) is 14.7. The van der Waals surface area contributed by atoms with Gasteiger partial charge in [-0.3, -0.25) is 4.57 Å². The lowest BCUT2D eigenvalue weighted by Gasteiger charge is -2.10. The summed E-state index contributed by atoms with van der Waals surface area (Å²) in [5, 5.41) is 9.64. The summed E-state index contributed by atoms with van der Waals surface area (Å²) >= 11 is 6.09. The van der Waals surface area contributed by atoms with Gasteiger partial charge in [0.25, 0.3) is 0 Å². The second-order valence-electron chi connectivity index (χ2n) is 5.51. The van der Waals surface area contributed by atoms with E-state index in [4.69, 9.17) is 17.3 Å². The molecule has 0 amide bonds. The summed E-state index contributed by atoms with van der Waals surface area (Å²) in [5.74, 6) is 1.02. The Kier molecular flexibility index (Phi) is 3.83. The summed E-state index contributed by atoms with van der Waals surface area (Å²) in [6.07, 6.45) is 1.64. The molecule has 0 radical (unpaired) electrons. The van der Waals surface area contributed by atoms with Crippen molar-refractivity contribution in [3.05, 3.63) is 65.4 Å². The Morgan fingerprint density at radius 3 is 2.56 bits per heavy atom. The van der Waals surface area contributed by atoms with Gasteiger partial charge in [0, 0.05) is 11.9 Å². The summed E-state index contributed by atoms with van der Waals surface area (Å²) < 4.78 is 1.88. The van der Waals surface area contributed by atoms with Crippen molar-refractivity contribution in [2.75, 3.05) is 5.73 Å². The number of hydrogen-bond acceptors (Lipinski definition) is 5. The molecule has 0 unspecified atom stereocenters. The molecule has 3 N–H and O–H groups in total. The number of halogens is 1. The second-order valence-corrected chi connectivity index (χ2v) is 5.90. The highest BCUT2D eigenvalue weighted by Gasteiger charge is 2.18. The molecule has 25 heavy (non-hydrogen) atoms. The number of pyridine rings is 2. The van der Waals surface area contributed by atoms with Crippen LogP contribution in [0.4, 0.5) is 5.82 Å². The van der Waals surface area contributed by atoms with Gasteiger partial charge in [0.1, 0.15) is 16.5 Å². The molecule has 0 aliphatic carbocycles. The van der Waals surface area contributed by atoms with Gasteiger partial charge in [-0.1, -0.05) is 23.7 Å². The van der Waals surface area contributed by atoms with Gasteiger partial charge < -0.3 is 10.8 Å². The summed E-state index contributed by atoms with van der Waals surface area (Å²) in [5.41, 5.74) is 9.76. The third kappa shape index (κ3) is 2.71. The van der Waals surface area contributed by atoms with Gasteiger partial charge in [-0.15, -0.1) is 0 Å². The van der Waals surface area contributed by atoms with E-state index >= 15 is 0 Å². The van der Waals surface area contributed by atoms with E-state index in [-0.39, 0.29) is 6.61 Å². The molecule has 0 saturated heterocycles. The molecule has 0 aliphatic heterocycles. The maximum Gasteiger partial charge on any atom is 0.166 e. The molecule has 0 aliphatic rings. The van der Waals surface area contributed by atoms with Crippen LogP contribution in [0.25, 0.3) is 28.2 Å². The number of imidazole rings is 1. The van der Waals surface area contributed by atoms with E-state index in [0.717, 1.165) is 11.3 Å². The predicted molar refractivity (Wildman–Crippen MR) is 97.4 cm³/mol. The fraction of sp³-hybridized carbons (Fsp3) is 0.0556. The van der Waals surface area contributed by atoms with Crippen molar-refractivity contribution >= 4 is 28.6 Å². The zero-order valence-corrected chi connectivity index (χ0v) is 13.9. The van der Waals surface area contributed by atoms with E-state index in [2.05, 4.69) is 15.0 Å². The molecule has 6 nitrogen and oxygen atoms in total. The summed E-state index contributed by atoms with van der Waals surface area (Å²) in [4.78, 5) is 13.3. The zero-order valence-electron chi connectivity index (χ0n) is 13.1. The number of hydrogen-bond donors (Lipinski definition) is 2. The molecular formula is C18H14ClN5O. The smallest absolute Gasteiger partial charge is 0.166 e. The molecule has 3 aromatic heterocycles. The van der Waals surface area contributed by atoms with Gasteiger partial charge in [-0.05, 0) is 42.0 Å². The number of anilines is 1. The fourth-order valence-electron chi connectivity index (χ4n) is 2.72. The largest absolute Gasteiger partial charge is 0.392 e. The van der Waals surface area contributed by atoms with Crippen LogP contribution in [0.3, 0.4) is 0 Å². The van der Waals surface area contributed by atoms with Crippen LogP contribution >= 0.6 is 11.6 Å². The van der Waals surface area contributed by atoms with Gasteiger partial charge in [-0.25, -0.2) is 15.0 Å². The van der Waals surface area contributed by atoms with Crippen LogP contribution in [0.2, 0.25) is 5.15 Å². The van der Waals surface area contributed by atoms with Crippen molar-refractivity contribution in [1.82, 2.24) is 19.5 Å². The first-order valence-corrected chi connectivity index (χ1v) is 8.01. The molecular weight excluding hydrogens is 338 g/mol. The number of nitrogens with zero attached hydrogens (tertiary/aromatic N) is 4. The van der Waals surface area contributed by atoms with Gasteiger partial charge in [0.2, 0.25) is 0 Å². The Morgan fingerprint density at radius 2 is 1.84 bits per heavy atom. The lowest BCUT2D eigenvalue weighted by Crippen LogP contribution is -2.02. The normalized spacial score (nSPS) is 11.1. The third-order valence-corrected chi connectivity index (χ3v) is 4.14. The first-order valence-electron chi connectivity index (χ1n) is 7.63. The van der Waals surface area contributed by atoms with Crippen LogP contribution < -0.4 is 5.73 Å². The van der Waals surface area contributed by atoms with E-state index < -0.39 is 0 Å². The number of fused-ring (bicyclic) bond motifs is 1. The first kappa shape index (κ1) is 15.6. The van der Waals surface area contributed by atoms with Crippen molar-refractivity contribution in [1.29, 1.82) is 0 Å². The molecule has 7 heteroatoms. The minimum Gasteiger partial charge on any atom is -0.392 e. The minimum absolute atomic E-state index is 0.0164. The van der Waals surface area contributed by atoms with Gasteiger partial charge in [0.05, 0.1) is 12.2 Å². The number of aromatic nitrogens is 4. The molecule has 0 atom stereocenters. The Hall–Kier alpha value is -2.96. The SMILES string of the molecule is Nc1ncccc1-c1nc2ccc(Cl)nc2n1-c1ccc(CO)cc1. The lowest BCUT2D eigenvalue weighted by atomic mass is 10.2. The number of aliphatic hydroxyl groups is 1. The van der Waals surface area contributed by atoms with Crippen LogP contribution in [-0.4, -0.2) is 24.6 Å². The summed E-state index contributed by atoms with van der Waals surface area (Å²) in [6.45, 7) is -0.0164. The third-order valence-electron chi connectivity index (χ3n) is 3.93. The van der Waals surface area contributed by atoms with Gasteiger partial charge >= 0.3 is 0 Å². The van der Waals surface area contributed by atoms with E-state index in [0.29, 0.717) is 33.5 Å². The van der Waals surface area contributed by atoms with Crippen molar-refractivity contribution < 1.29 is 5.11 Å². The van der Waals surface area contributed by atoms with Crippen LogP contribution in [0, 0.1) is 0 Å². The highest BCUT2D eigenvalue weighted by Crippen LogP contribution is 2.30. The maximum absolute atomic E-state index is 9.26. The van der Waals surface area contributed by atoms with Crippen molar-refractivity contribution in [2.24, 2.45) is 0 Å². The number of nitrogens with two attached hydrogens (primary N) is 1. The second kappa shape index (κ2) is 6.16. The highest BCUT2D eigenvalue weighted by atomic mass is 35.5. The zero-order chi connectivity index (χ0) is 17.4. The number of aliphatic hydroxyl groups excluding tert-OH is 1. The molecule has 4 aromatic rings. The summed E-state index contributed by atoms with van der Waals surface area (Å²) in [7, 11) is 0. The van der Waals surface area contributed by atoms with Crippen molar-refractivity contribution in [2.45, 2.75) is 6.61 Å². The number of nitrogen functional groups attached to an aromatic ring is 1. The van der Waals surface area contributed by atoms with E-state index in [1.807, 2.05) is 47.0 Å². The van der Waals surface area contributed by atoms with E-state index in [1.54, 1.807) is 12.3 Å². The molecule has 0 saturated carbocycles. The average molecular weight is 352 g/mol. The number of rotatable bonds is 3. The Labute approximate surface area is 148 Å². The quantitative estimate of drug-likeness (QED) is 0.553. The first-order chi connectivity index (χ1) is 12.2. The standard InChI is InChI=1S/C18H14ClN5O/c19-15-8-7-14-18(23-15)24(12-5-3-11(10-25)4-6-12)17(22-14)13-2-1-9-21-16(13)20/h1-9,25H,10H2,(H2,20,21). The molecule has 1 aromatic carbocycles. The van der Waals surface area contributed by atoms with Gasteiger partial charge in [-0.2, -0.15) is 0 Å². The molecule has 4 rings (SSSR count). The lowest BCUT2D eigenvalue weighted by molar-refractivity contribution is 0.282. The Balaban J connectivity index is 2.03. The van der Waals surface area contributed by atoms with Crippen LogP contribution in [0.15, 0.2) is 54.7 Å². The molecule has 0 bridgehead atoms. The molecule has 124 valence electrons. The Morgan fingerprint density at radius 1 is 1.04 bits per heavy atom. The van der Waals surface area contributed by atoms with E-state index in [9.17, 15) is 5.11 Å². The molecule has 0 fully saturated rings. The number of benzene rings is 1. The molecule has 3 heterocycles. The minimum atomic E-state index is -0.0164. The van der Waals surface area contributed by atoms with Gasteiger partial charge in [0.15, 0.2) is 11.5 Å².